The zero-order valence-electron chi connectivity index (χ0n) is 9.72. The van der Waals surface area contributed by atoms with E-state index in [0.717, 1.165) is 12.0 Å². The summed E-state index contributed by atoms with van der Waals surface area (Å²) in [5.41, 5.74) is 1.03. The zero-order chi connectivity index (χ0) is 11.5. The molecule has 1 amide bonds. The number of ether oxygens (including phenoxy) is 1. The van der Waals surface area contributed by atoms with E-state index in [1.54, 1.807) is 7.11 Å². The van der Waals surface area contributed by atoms with Gasteiger partial charge >= 0.3 is 0 Å². The fourth-order valence-corrected chi connectivity index (χ4v) is 2.24. The maximum Gasteiger partial charge on any atom is 0.225 e. The van der Waals surface area contributed by atoms with Crippen molar-refractivity contribution in [2.24, 2.45) is 0 Å². The SMILES string of the molecule is CO[C@H](c1ccccc1)N1C(=O)CCC1C. The first-order valence-electron chi connectivity index (χ1n) is 5.63. The molecule has 0 spiro atoms. The van der Waals surface area contributed by atoms with Crippen LogP contribution in [0, 0.1) is 0 Å². The first kappa shape index (κ1) is 11.1. The Balaban J connectivity index is 2.26. The lowest BCUT2D eigenvalue weighted by molar-refractivity contribution is -0.142. The molecule has 3 heteroatoms. The Bertz CT molecular complexity index is 363. The van der Waals surface area contributed by atoms with Crippen molar-refractivity contribution in [3.8, 4) is 0 Å². The first-order chi connectivity index (χ1) is 7.74. The molecule has 0 aromatic heterocycles. The lowest BCUT2D eigenvalue weighted by Gasteiger charge is -2.30. The third kappa shape index (κ3) is 1.95. The summed E-state index contributed by atoms with van der Waals surface area (Å²) < 4.78 is 5.47. The van der Waals surface area contributed by atoms with E-state index in [2.05, 4.69) is 6.92 Å². The average Bonchev–Trinajstić information content (AvgIpc) is 2.63. The molecular weight excluding hydrogens is 202 g/mol. The summed E-state index contributed by atoms with van der Waals surface area (Å²) in [6.45, 7) is 2.07. The van der Waals surface area contributed by atoms with Gasteiger partial charge in [0.05, 0.1) is 0 Å². The maximum atomic E-state index is 11.8. The van der Waals surface area contributed by atoms with Gasteiger partial charge in [-0.3, -0.25) is 4.79 Å². The molecule has 1 fully saturated rings. The smallest absolute Gasteiger partial charge is 0.225 e. The molecule has 86 valence electrons. The lowest BCUT2D eigenvalue weighted by atomic mass is 10.1. The van der Waals surface area contributed by atoms with E-state index >= 15 is 0 Å². The number of likely N-dealkylation sites (tertiary alicyclic amines) is 1. The molecule has 1 heterocycles. The monoisotopic (exact) mass is 219 g/mol. The van der Waals surface area contributed by atoms with Gasteiger partial charge in [-0.2, -0.15) is 0 Å². The topological polar surface area (TPSA) is 29.5 Å². The molecule has 0 N–H and O–H groups in total. The predicted octanol–water partition coefficient (Wildman–Crippen LogP) is 2.34. The van der Waals surface area contributed by atoms with Gasteiger partial charge in [0.25, 0.3) is 0 Å². The van der Waals surface area contributed by atoms with Crippen molar-refractivity contribution in [3.63, 3.8) is 0 Å². The summed E-state index contributed by atoms with van der Waals surface area (Å²) in [7, 11) is 1.65. The van der Waals surface area contributed by atoms with Gasteiger partial charge in [-0.05, 0) is 13.3 Å². The Morgan fingerprint density at radius 3 is 2.56 bits per heavy atom. The van der Waals surface area contributed by atoms with Gasteiger partial charge in [-0.15, -0.1) is 0 Å². The highest BCUT2D eigenvalue weighted by atomic mass is 16.5. The fraction of sp³-hybridized carbons (Fsp3) is 0.462. The molecule has 2 atom stereocenters. The number of hydrogen-bond acceptors (Lipinski definition) is 2. The molecule has 0 aliphatic carbocycles. The van der Waals surface area contributed by atoms with E-state index in [0.29, 0.717) is 6.42 Å². The molecule has 1 aliphatic rings. The molecule has 1 unspecified atom stereocenters. The molecular formula is C13H17NO2. The van der Waals surface area contributed by atoms with Gasteiger partial charge in [-0.25, -0.2) is 0 Å². The van der Waals surface area contributed by atoms with Crippen LogP contribution >= 0.6 is 0 Å². The van der Waals surface area contributed by atoms with Crippen molar-refractivity contribution < 1.29 is 9.53 Å². The first-order valence-corrected chi connectivity index (χ1v) is 5.63. The third-order valence-corrected chi connectivity index (χ3v) is 3.10. The Morgan fingerprint density at radius 1 is 1.38 bits per heavy atom. The Kier molecular flexibility index (Phi) is 3.25. The molecule has 0 bridgehead atoms. The summed E-state index contributed by atoms with van der Waals surface area (Å²) in [6, 6.07) is 10.1. The standard InChI is InChI=1S/C13H17NO2/c1-10-8-9-12(15)14(10)13(16-2)11-6-4-3-5-7-11/h3-7,10,13H,8-9H2,1-2H3/t10?,13-/m1/s1. The van der Waals surface area contributed by atoms with Crippen LogP contribution in [-0.2, 0) is 9.53 Å². The minimum Gasteiger partial charge on any atom is -0.357 e. The van der Waals surface area contributed by atoms with E-state index in [-0.39, 0.29) is 18.2 Å². The minimum absolute atomic E-state index is 0.184. The number of rotatable bonds is 3. The second-order valence-corrected chi connectivity index (χ2v) is 4.19. The van der Waals surface area contributed by atoms with Crippen LogP contribution in [0.25, 0.3) is 0 Å². The molecule has 0 radical (unpaired) electrons. The highest BCUT2D eigenvalue weighted by molar-refractivity contribution is 5.79. The number of carbonyl (C=O) groups excluding carboxylic acids is 1. The van der Waals surface area contributed by atoms with Crippen LogP contribution < -0.4 is 0 Å². The van der Waals surface area contributed by atoms with Crippen molar-refractivity contribution in [1.82, 2.24) is 4.90 Å². The molecule has 0 saturated carbocycles. The van der Waals surface area contributed by atoms with Crippen LogP contribution in [0.4, 0.5) is 0 Å². The number of hydrogen-bond donors (Lipinski definition) is 0. The molecule has 1 saturated heterocycles. The third-order valence-electron chi connectivity index (χ3n) is 3.10. The Labute approximate surface area is 96.0 Å². The highest BCUT2D eigenvalue weighted by Gasteiger charge is 2.34. The van der Waals surface area contributed by atoms with Gasteiger partial charge in [0.1, 0.15) is 0 Å². The second-order valence-electron chi connectivity index (χ2n) is 4.19. The summed E-state index contributed by atoms with van der Waals surface area (Å²) in [5.74, 6) is 0.184. The van der Waals surface area contributed by atoms with E-state index in [4.69, 9.17) is 4.74 Å². The fourth-order valence-electron chi connectivity index (χ4n) is 2.24. The number of nitrogens with zero attached hydrogens (tertiary/aromatic N) is 1. The molecule has 1 aromatic rings. The van der Waals surface area contributed by atoms with Gasteiger partial charge in [0.15, 0.2) is 6.23 Å². The van der Waals surface area contributed by atoms with Crippen LogP contribution in [0.15, 0.2) is 30.3 Å². The normalized spacial score (nSPS) is 22.5. The zero-order valence-corrected chi connectivity index (χ0v) is 9.72. The summed E-state index contributed by atoms with van der Waals surface area (Å²) in [4.78, 5) is 13.6. The van der Waals surface area contributed by atoms with E-state index in [9.17, 15) is 4.79 Å². The summed E-state index contributed by atoms with van der Waals surface area (Å²) in [5, 5.41) is 0. The van der Waals surface area contributed by atoms with Crippen LogP contribution in [0.5, 0.6) is 0 Å². The Morgan fingerprint density at radius 2 is 2.06 bits per heavy atom. The van der Waals surface area contributed by atoms with Crippen LogP contribution in [0.1, 0.15) is 31.6 Å². The van der Waals surface area contributed by atoms with Crippen molar-refractivity contribution in [2.75, 3.05) is 7.11 Å². The molecule has 16 heavy (non-hydrogen) atoms. The van der Waals surface area contributed by atoms with Crippen LogP contribution in [0.3, 0.4) is 0 Å². The number of methoxy groups -OCH3 is 1. The molecule has 1 aromatic carbocycles. The highest BCUT2D eigenvalue weighted by Crippen LogP contribution is 2.30. The second kappa shape index (κ2) is 4.66. The van der Waals surface area contributed by atoms with Gasteiger partial charge in [0.2, 0.25) is 5.91 Å². The van der Waals surface area contributed by atoms with E-state index in [1.807, 2.05) is 35.2 Å². The number of carbonyl (C=O) groups is 1. The summed E-state index contributed by atoms with van der Waals surface area (Å²) >= 11 is 0. The molecule has 3 nitrogen and oxygen atoms in total. The number of amides is 1. The van der Waals surface area contributed by atoms with Gasteiger partial charge in [0, 0.05) is 25.1 Å². The van der Waals surface area contributed by atoms with E-state index in [1.165, 1.54) is 0 Å². The van der Waals surface area contributed by atoms with E-state index < -0.39 is 0 Å². The van der Waals surface area contributed by atoms with Crippen molar-refractivity contribution >= 4 is 5.91 Å². The van der Waals surface area contributed by atoms with Gasteiger partial charge < -0.3 is 9.64 Å². The average molecular weight is 219 g/mol. The predicted molar refractivity (Wildman–Crippen MR) is 61.7 cm³/mol. The largest absolute Gasteiger partial charge is 0.357 e. The van der Waals surface area contributed by atoms with Crippen LogP contribution in [0.2, 0.25) is 0 Å². The van der Waals surface area contributed by atoms with Crippen LogP contribution in [-0.4, -0.2) is 24.0 Å². The van der Waals surface area contributed by atoms with Crippen molar-refractivity contribution in [2.45, 2.75) is 32.0 Å². The molecule has 2 rings (SSSR count). The van der Waals surface area contributed by atoms with Crippen molar-refractivity contribution in [1.29, 1.82) is 0 Å². The van der Waals surface area contributed by atoms with Crippen molar-refractivity contribution in [3.05, 3.63) is 35.9 Å². The van der Waals surface area contributed by atoms with Gasteiger partial charge in [-0.1, -0.05) is 30.3 Å². The number of benzene rings is 1. The maximum absolute atomic E-state index is 11.8. The summed E-state index contributed by atoms with van der Waals surface area (Å²) in [6.07, 6.45) is 1.31. The quantitative estimate of drug-likeness (QED) is 0.781. The Hall–Kier alpha value is -1.35. The minimum atomic E-state index is -0.244. The lowest BCUT2D eigenvalue weighted by Crippen LogP contribution is -2.36. The molecule has 1 aliphatic heterocycles.